The van der Waals surface area contributed by atoms with Crippen LogP contribution in [0.4, 0.5) is 8.78 Å². The number of aryl methyl sites for hydroxylation is 1. The van der Waals surface area contributed by atoms with E-state index in [4.69, 9.17) is 0 Å². The fraction of sp³-hybridized carbons (Fsp3) is 0.444. The SMILES string of the molecule is CCNC(=NCc1nccn1C(F)F)NCC(C)c1cccc(C)c1.I. The van der Waals surface area contributed by atoms with Crippen molar-refractivity contribution in [1.29, 1.82) is 0 Å². The summed E-state index contributed by atoms with van der Waals surface area (Å²) in [6.45, 7) is 5.03. The van der Waals surface area contributed by atoms with E-state index in [0.717, 1.165) is 4.57 Å². The highest BCUT2D eigenvalue weighted by Crippen LogP contribution is 2.15. The number of benzene rings is 1. The van der Waals surface area contributed by atoms with E-state index in [1.807, 2.05) is 13.0 Å². The van der Waals surface area contributed by atoms with Crippen molar-refractivity contribution in [2.45, 2.75) is 39.8 Å². The van der Waals surface area contributed by atoms with Crippen molar-refractivity contribution in [3.63, 3.8) is 0 Å². The molecular weight excluding hydrogens is 451 g/mol. The molecule has 1 aromatic heterocycles. The molecule has 144 valence electrons. The van der Waals surface area contributed by atoms with E-state index in [1.165, 1.54) is 23.5 Å². The first-order valence-corrected chi connectivity index (χ1v) is 8.39. The Morgan fingerprint density at radius 1 is 1.31 bits per heavy atom. The zero-order chi connectivity index (χ0) is 18.2. The number of alkyl halides is 2. The number of nitrogens with zero attached hydrogens (tertiary/aromatic N) is 3. The first kappa shape index (κ1) is 22.3. The minimum absolute atomic E-state index is 0. The van der Waals surface area contributed by atoms with Gasteiger partial charge < -0.3 is 10.6 Å². The average molecular weight is 477 g/mol. The minimum atomic E-state index is -2.61. The smallest absolute Gasteiger partial charge is 0.319 e. The largest absolute Gasteiger partial charge is 0.357 e. The Labute approximate surface area is 170 Å². The van der Waals surface area contributed by atoms with E-state index in [1.54, 1.807) is 0 Å². The van der Waals surface area contributed by atoms with Gasteiger partial charge in [0.2, 0.25) is 0 Å². The topological polar surface area (TPSA) is 54.2 Å². The zero-order valence-corrected chi connectivity index (χ0v) is 17.6. The summed E-state index contributed by atoms with van der Waals surface area (Å²) in [5.74, 6) is 1.12. The van der Waals surface area contributed by atoms with Gasteiger partial charge >= 0.3 is 6.55 Å². The van der Waals surface area contributed by atoms with Gasteiger partial charge in [-0.2, -0.15) is 8.78 Å². The van der Waals surface area contributed by atoms with Gasteiger partial charge in [0.15, 0.2) is 5.96 Å². The van der Waals surface area contributed by atoms with Gasteiger partial charge in [-0.05, 0) is 25.3 Å². The van der Waals surface area contributed by atoms with E-state index in [9.17, 15) is 8.78 Å². The van der Waals surface area contributed by atoms with E-state index in [-0.39, 0.29) is 36.3 Å². The van der Waals surface area contributed by atoms with Crippen LogP contribution in [-0.4, -0.2) is 28.6 Å². The summed E-state index contributed by atoms with van der Waals surface area (Å²) in [6, 6.07) is 8.38. The Morgan fingerprint density at radius 2 is 2.08 bits per heavy atom. The number of aliphatic imine (C=N–C) groups is 1. The number of rotatable bonds is 7. The molecule has 0 radical (unpaired) electrons. The molecule has 5 nitrogen and oxygen atoms in total. The van der Waals surface area contributed by atoms with Crippen LogP contribution < -0.4 is 10.6 Å². The molecule has 0 fully saturated rings. The van der Waals surface area contributed by atoms with Gasteiger partial charge in [0.25, 0.3) is 0 Å². The third-order valence-corrected chi connectivity index (χ3v) is 3.87. The summed E-state index contributed by atoms with van der Waals surface area (Å²) in [4.78, 5) is 8.30. The quantitative estimate of drug-likeness (QED) is 0.359. The van der Waals surface area contributed by atoms with Crippen LogP contribution in [0.1, 0.15) is 43.3 Å². The van der Waals surface area contributed by atoms with Crippen molar-refractivity contribution in [3.05, 3.63) is 53.6 Å². The molecule has 1 aromatic carbocycles. The van der Waals surface area contributed by atoms with Gasteiger partial charge in [-0.25, -0.2) is 9.98 Å². The molecule has 2 rings (SSSR count). The molecule has 1 atom stereocenters. The maximum atomic E-state index is 12.9. The number of hydrogen-bond donors (Lipinski definition) is 2. The van der Waals surface area contributed by atoms with Crippen molar-refractivity contribution in [2.75, 3.05) is 13.1 Å². The van der Waals surface area contributed by atoms with Crippen molar-refractivity contribution >= 4 is 29.9 Å². The van der Waals surface area contributed by atoms with Gasteiger partial charge in [-0.1, -0.05) is 36.8 Å². The molecule has 1 unspecified atom stereocenters. The molecule has 2 aromatic rings. The molecule has 2 N–H and O–H groups in total. The van der Waals surface area contributed by atoms with Crippen LogP contribution in [0.5, 0.6) is 0 Å². The van der Waals surface area contributed by atoms with E-state index in [2.05, 4.69) is 52.7 Å². The molecule has 0 spiro atoms. The van der Waals surface area contributed by atoms with Gasteiger partial charge in [-0.3, -0.25) is 4.57 Å². The zero-order valence-electron chi connectivity index (χ0n) is 15.2. The minimum Gasteiger partial charge on any atom is -0.357 e. The number of imidazole rings is 1. The molecule has 0 saturated heterocycles. The molecule has 1 heterocycles. The van der Waals surface area contributed by atoms with Crippen LogP contribution in [0.2, 0.25) is 0 Å². The molecule has 0 amide bonds. The van der Waals surface area contributed by atoms with Crippen LogP contribution >= 0.6 is 24.0 Å². The van der Waals surface area contributed by atoms with E-state index < -0.39 is 6.55 Å². The first-order chi connectivity index (χ1) is 12.0. The second-order valence-corrected chi connectivity index (χ2v) is 5.92. The Hall–Kier alpha value is -1.71. The van der Waals surface area contributed by atoms with Gasteiger partial charge in [0.1, 0.15) is 12.4 Å². The van der Waals surface area contributed by atoms with Crippen molar-refractivity contribution in [1.82, 2.24) is 20.2 Å². The number of hydrogen-bond acceptors (Lipinski definition) is 2. The van der Waals surface area contributed by atoms with Crippen LogP contribution in [0.25, 0.3) is 0 Å². The molecular formula is C18H26F2IN5. The summed E-state index contributed by atoms with van der Waals surface area (Å²) >= 11 is 0. The third kappa shape index (κ3) is 6.54. The molecule has 0 bridgehead atoms. The molecule has 0 aliphatic carbocycles. The van der Waals surface area contributed by atoms with E-state index >= 15 is 0 Å². The highest BCUT2D eigenvalue weighted by atomic mass is 127. The highest BCUT2D eigenvalue weighted by molar-refractivity contribution is 14.0. The summed E-state index contributed by atoms with van der Waals surface area (Å²) in [6.07, 6.45) is 2.62. The summed E-state index contributed by atoms with van der Waals surface area (Å²) in [7, 11) is 0. The summed E-state index contributed by atoms with van der Waals surface area (Å²) in [5, 5.41) is 6.39. The van der Waals surface area contributed by atoms with Crippen molar-refractivity contribution in [2.24, 2.45) is 4.99 Å². The highest BCUT2D eigenvalue weighted by Gasteiger charge is 2.11. The fourth-order valence-corrected chi connectivity index (χ4v) is 2.48. The van der Waals surface area contributed by atoms with Crippen LogP contribution in [-0.2, 0) is 6.54 Å². The molecule has 8 heteroatoms. The third-order valence-electron chi connectivity index (χ3n) is 3.87. The van der Waals surface area contributed by atoms with Crippen LogP contribution in [0.3, 0.4) is 0 Å². The molecule has 0 aliphatic rings. The van der Waals surface area contributed by atoms with Gasteiger partial charge in [-0.15, -0.1) is 24.0 Å². The first-order valence-electron chi connectivity index (χ1n) is 8.39. The monoisotopic (exact) mass is 477 g/mol. The van der Waals surface area contributed by atoms with Crippen LogP contribution in [0, 0.1) is 6.92 Å². The predicted octanol–water partition coefficient (Wildman–Crippen LogP) is 4.06. The second-order valence-electron chi connectivity index (χ2n) is 5.92. The normalized spacial score (nSPS) is 12.6. The maximum absolute atomic E-state index is 12.9. The Kier molecular flexibility index (Phi) is 9.53. The predicted molar refractivity (Wildman–Crippen MR) is 111 cm³/mol. The standard InChI is InChI=1S/C18H25F2N5.HI/c1-4-21-18(24-12-16-22-8-9-25(16)17(19)20)23-11-14(3)15-7-5-6-13(2)10-15;/h5-10,14,17H,4,11-12H2,1-3H3,(H2,21,23,24);1H. The molecule has 26 heavy (non-hydrogen) atoms. The number of nitrogens with one attached hydrogen (secondary N) is 2. The number of guanidine groups is 1. The van der Waals surface area contributed by atoms with E-state index in [0.29, 0.717) is 25.0 Å². The van der Waals surface area contributed by atoms with Crippen molar-refractivity contribution < 1.29 is 8.78 Å². The van der Waals surface area contributed by atoms with Gasteiger partial charge in [0, 0.05) is 25.5 Å². The fourth-order valence-electron chi connectivity index (χ4n) is 2.48. The molecule has 0 aliphatic heterocycles. The Morgan fingerprint density at radius 3 is 2.73 bits per heavy atom. The number of aromatic nitrogens is 2. The molecule has 0 saturated carbocycles. The number of halogens is 3. The summed E-state index contributed by atoms with van der Waals surface area (Å²) in [5.41, 5.74) is 2.47. The lowest BCUT2D eigenvalue weighted by molar-refractivity contribution is 0.0671. The Balaban J connectivity index is 0.00000338. The Bertz CT molecular complexity index is 702. The lowest BCUT2D eigenvalue weighted by Gasteiger charge is -2.16. The lowest BCUT2D eigenvalue weighted by Crippen LogP contribution is -2.39. The van der Waals surface area contributed by atoms with Crippen LogP contribution in [0.15, 0.2) is 41.7 Å². The summed E-state index contributed by atoms with van der Waals surface area (Å²) < 4.78 is 26.5. The average Bonchev–Trinajstić information content (AvgIpc) is 3.06. The second kappa shape index (κ2) is 11.1. The lowest BCUT2D eigenvalue weighted by atomic mass is 9.99. The maximum Gasteiger partial charge on any atom is 0.319 e. The van der Waals surface area contributed by atoms with Crippen molar-refractivity contribution in [3.8, 4) is 0 Å². The van der Waals surface area contributed by atoms with Gasteiger partial charge in [0.05, 0.1) is 0 Å².